The Morgan fingerprint density at radius 3 is 2.28 bits per heavy atom. The van der Waals surface area contributed by atoms with Gasteiger partial charge < -0.3 is 15.1 Å². The van der Waals surface area contributed by atoms with Crippen molar-refractivity contribution in [3.05, 3.63) is 54.1 Å². The smallest absolute Gasteiger partial charge is 0.270 e. The SMILES string of the molecule is O=C(NC1CCCCCC1)c1ccc(N2CCN(c3ccccc3F)CC2)cn1. The first-order chi connectivity index (χ1) is 14.2. The Morgan fingerprint density at radius 2 is 1.62 bits per heavy atom. The Bertz CT molecular complexity index is 810. The first kappa shape index (κ1) is 19.7. The van der Waals surface area contributed by atoms with Crippen molar-refractivity contribution in [2.75, 3.05) is 36.0 Å². The van der Waals surface area contributed by atoms with Crippen LogP contribution in [0.4, 0.5) is 15.8 Å². The number of nitrogens with one attached hydrogen (secondary N) is 1. The van der Waals surface area contributed by atoms with Crippen molar-refractivity contribution in [2.24, 2.45) is 0 Å². The quantitative estimate of drug-likeness (QED) is 0.794. The van der Waals surface area contributed by atoms with Crippen molar-refractivity contribution in [1.82, 2.24) is 10.3 Å². The summed E-state index contributed by atoms with van der Waals surface area (Å²) in [5, 5.41) is 3.15. The number of anilines is 2. The van der Waals surface area contributed by atoms with Gasteiger partial charge in [-0.2, -0.15) is 0 Å². The van der Waals surface area contributed by atoms with Crippen molar-refractivity contribution < 1.29 is 9.18 Å². The maximum Gasteiger partial charge on any atom is 0.270 e. The van der Waals surface area contributed by atoms with Gasteiger partial charge in [-0.1, -0.05) is 37.8 Å². The minimum absolute atomic E-state index is 0.0761. The second-order valence-corrected chi connectivity index (χ2v) is 7.99. The topological polar surface area (TPSA) is 48.5 Å². The van der Waals surface area contributed by atoms with Crippen LogP contribution >= 0.6 is 0 Å². The number of hydrogen-bond donors (Lipinski definition) is 1. The third-order valence-electron chi connectivity index (χ3n) is 6.01. The molecule has 5 nitrogen and oxygen atoms in total. The Labute approximate surface area is 171 Å². The van der Waals surface area contributed by atoms with Crippen LogP contribution in [0.5, 0.6) is 0 Å². The molecular formula is C23H29FN4O. The van der Waals surface area contributed by atoms with Gasteiger partial charge in [0.25, 0.3) is 5.91 Å². The molecule has 2 aliphatic rings. The van der Waals surface area contributed by atoms with E-state index in [1.165, 1.54) is 31.7 Å². The Kier molecular flexibility index (Phi) is 6.27. The van der Waals surface area contributed by atoms with Gasteiger partial charge in [-0.3, -0.25) is 4.79 Å². The summed E-state index contributed by atoms with van der Waals surface area (Å²) in [6, 6.07) is 11.0. The fourth-order valence-electron chi connectivity index (χ4n) is 4.30. The maximum atomic E-state index is 14.0. The number of nitrogens with zero attached hydrogens (tertiary/aromatic N) is 3. The van der Waals surface area contributed by atoms with Crippen LogP contribution in [0.15, 0.2) is 42.6 Å². The first-order valence-electron chi connectivity index (χ1n) is 10.7. The van der Waals surface area contributed by atoms with Gasteiger partial charge >= 0.3 is 0 Å². The van der Waals surface area contributed by atoms with Gasteiger partial charge in [0.15, 0.2) is 0 Å². The summed E-state index contributed by atoms with van der Waals surface area (Å²) in [4.78, 5) is 21.2. The minimum Gasteiger partial charge on any atom is -0.367 e. The van der Waals surface area contributed by atoms with E-state index in [1.807, 2.05) is 24.3 Å². The highest BCUT2D eigenvalue weighted by molar-refractivity contribution is 5.92. The zero-order valence-corrected chi connectivity index (χ0v) is 16.8. The van der Waals surface area contributed by atoms with E-state index in [0.29, 0.717) is 11.4 Å². The lowest BCUT2D eigenvalue weighted by Crippen LogP contribution is -2.46. The molecular weight excluding hydrogens is 367 g/mol. The van der Waals surface area contributed by atoms with E-state index < -0.39 is 0 Å². The zero-order valence-electron chi connectivity index (χ0n) is 16.8. The third-order valence-corrected chi connectivity index (χ3v) is 6.01. The largest absolute Gasteiger partial charge is 0.367 e. The maximum absolute atomic E-state index is 14.0. The van der Waals surface area contributed by atoms with E-state index in [9.17, 15) is 9.18 Å². The first-order valence-corrected chi connectivity index (χ1v) is 10.7. The number of aromatic nitrogens is 1. The summed E-state index contributed by atoms with van der Waals surface area (Å²) in [5.41, 5.74) is 2.14. The normalized spacial score (nSPS) is 18.4. The van der Waals surface area contributed by atoms with E-state index in [4.69, 9.17) is 0 Å². The van der Waals surface area contributed by atoms with Crippen molar-refractivity contribution in [3.8, 4) is 0 Å². The molecule has 0 atom stereocenters. The number of benzene rings is 1. The molecule has 1 saturated carbocycles. The number of pyridine rings is 1. The fraction of sp³-hybridized carbons (Fsp3) is 0.478. The van der Waals surface area contributed by atoms with Crippen LogP contribution in [0.3, 0.4) is 0 Å². The second-order valence-electron chi connectivity index (χ2n) is 7.99. The molecule has 1 saturated heterocycles. The predicted molar refractivity (Wildman–Crippen MR) is 114 cm³/mol. The zero-order chi connectivity index (χ0) is 20.1. The summed E-state index contributed by atoms with van der Waals surface area (Å²) in [6.07, 6.45) is 8.83. The van der Waals surface area contributed by atoms with Crippen molar-refractivity contribution in [3.63, 3.8) is 0 Å². The molecule has 0 radical (unpaired) electrons. The number of carbonyl (C=O) groups excluding carboxylic acids is 1. The molecule has 4 rings (SSSR count). The van der Waals surface area contributed by atoms with E-state index in [0.717, 1.165) is 44.7 Å². The number of amides is 1. The molecule has 2 heterocycles. The summed E-state index contributed by atoms with van der Waals surface area (Å²) in [6.45, 7) is 3.10. The predicted octanol–water partition coefficient (Wildman–Crippen LogP) is 4.00. The molecule has 0 bridgehead atoms. The lowest BCUT2D eigenvalue weighted by Gasteiger charge is -2.37. The molecule has 1 aliphatic heterocycles. The number of rotatable bonds is 4. The molecule has 29 heavy (non-hydrogen) atoms. The van der Waals surface area contributed by atoms with Crippen LogP contribution in [0.1, 0.15) is 49.0 Å². The lowest BCUT2D eigenvalue weighted by molar-refractivity contribution is 0.0928. The second kappa shape index (κ2) is 9.25. The number of piperazine rings is 1. The Hall–Kier alpha value is -2.63. The molecule has 154 valence electrons. The number of carbonyl (C=O) groups is 1. The van der Waals surface area contributed by atoms with E-state index in [2.05, 4.69) is 20.1 Å². The highest BCUT2D eigenvalue weighted by Crippen LogP contribution is 2.23. The molecule has 1 aromatic heterocycles. The monoisotopic (exact) mass is 396 g/mol. The molecule has 0 unspecified atom stereocenters. The third kappa shape index (κ3) is 4.86. The Balaban J connectivity index is 1.32. The van der Waals surface area contributed by atoms with Crippen LogP contribution in [-0.4, -0.2) is 43.1 Å². The van der Waals surface area contributed by atoms with Crippen molar-refractivity contribution in [2.45, 2.75) is 44.6 Å². The molecule has 1 N–H and O–H groups in total. The average molecular weight is 397 g/mol. The molecule has 2 aromatic rings. The van der Waals surface area contributed by atoms with Crippen LogP contribution in [0.25, 0.3) is 0 Å². The molecule has 1 aromatic carbocycles. The average Bonchev–Trinajstić information content (AvgIpc) is 3.03. The standard InChI is InChI=1S/C23H29FN4O/c24-20-9-5-6-10-22(20)28-15-13-27(14-16-28)19-11-12-21(25-17-19)23(29)26-18-7-3-1-2-4-8-18/h5-6,9-12,17-18H,1-4,7-8,13-16H2,(H,26,29). The van der Waals surface area contributed by atoms with Crippen molar-refractivity contribution >= 4 is 17.3 Å². The van der Waals surface area contributed by atoms with Gasteiger partial charge in [0.1, 0.15) is 11.5 Å². The van der Waals surface area contributed by atoms with E-state index >= 15 is 0 Å². The van der Waals surface area contributed by atoms with Gasteiger partial charge in [-0.05, 0) is 37.1 Å². The van der Waals surface area contributed by atoms with Crippen LogP contribution in [0.2, 0.25) is 0 Å². The van der Waals surface area contributed by atoms with Crippen LogP contribution in [0, 0.1) is 5.82 Å². The fourth-order valence-corrected chi connectivity index (χ4v) is 4.30. The van der Waals surface area contributed by atoms with Gasteiger partial charge in [0.2, 0.25) is 0 Å². The van der Waals surface area contributed by atoms with Crippen molar-refractivity contribution in [1.29, 1.82) is 0 Å². The molecule has 6 heteroatoms. The number of para-hydroxylation sites is 1. The van der Waals surface area contributed by atoms with Crippen LogP contribution < -0.4 is 15.1 Å². The minimum atomic E-state index is -0.174. The highest BCUT2D eigenvalue weighted by Gasteiger charge is 2.21. The summed E-state index contributed by atoms with van der Waals surface area (Å²) < 4.78 is 14.0. The van der Waals surface area contributed by atoms with Gasteiger partial charge in [0, 0.05) is 32.2 Å². The lowest BCUT2D eigenvalue weighted by atomic mass is 10.1. The van der Waals surface area contributed by atoms with Gasteiger partial charge in [-0.25, -0.2) is 9.37 Å². The van der Waals surface area contributed by atoms with Crippen LogP contribution in [-0.2, 0) is 0 Å². The number of halogens is 1. The van der Waals surface area contributed by atoms with Gasteiger partial charge in [0.05, 0.1) is 17.6 Å². The summed E-state index contributed by atoms with van der Waals surface area (Å²) >= 11 is 0. The number of hydrogen-bond acceptors (Lipinski definition) is 4. The van der Waals surface area contributed by atoms with E-state index in [1.54, 1.807) is 12.3 Å². The van der Waals surface area contributed by atoms with E-state index in [-0.39, 0.29) is 17.8 Å². The molecule has 2 fully saturated rings. The van der Waals surface area contributed by atoms with Gasteiger partial charge in [-0.15, -0.1) is 0 Å². The Morgan fingerprint density at radius 1 is 0.931 bits per heavy atom. The summed E-state index contributed by atoms with van der Waals surface area (Å²) in [5.74, 6) is -0.250. The highest BCUT2D eigenvalue weighted by atomic mass is 19.1. The molecule has 1 aliphatic carbocycles. The molecule has 0 spiro atoms. The summed E-state index contributed by atoms with van der Waals surface area (Å²) in [7, 11) is 0. The molecule has 1 amide bonds.